The van der Waals surface area contributed by atoms with Crippen LogP contribution in [-0.4, -0.2) is 12.5 Å². The fourth-order valence-electron chi connectivity index (χ4n) is 2.92. The third-order valence-electron chi connectivity index (χ3n) is 4.65. The molecule has 21 heavy (non-hydrogen) atoms. The normalized spacial score (nSPS) is 16.3. The smallest absolute Gasteiger partial charge is 0.224 e. The van der Waals surface area contributed by atoms with Crippen molar-refractivity contribution in [2.45, 2.75) is 59.4 Å². The quantitative estimate of drug-likeness (QED) is 0.829. The summed E-state index contributed by atoms with van der Waals surface area (Å²) in [7, 11) is 0. The van der Waals surface area contributed by atoms with E-state index in [0.717, 1.165) is 31.5 Å². The number of carbonyl (C=O) groups excluding carboxylic acids is 1. The third kappa shape index (κ3) is 3.65. The van der Waals surface area contributed by atoms with Gasteiger partial charge in [-0.25, -0.2) is 0 Å². The summed E-state index contributed by atoms with van der Waals surface area (Å²) in [5, 5.41) is 6.67. The molecule has 0 spiro atoms. The van der Waals surface area contributed by atoms with E-state index in [-0.39, 0.29) is 11.3 Å². The van der Waals surface area contributed by atoms with Crippen molar-refractivity contribution in [3.8, 4) is 0 Å². The topological polar surface area (TPSA) is 41.1 Å². The molecule has 3 heteroatoms. The Morgan fingerprint density at radius 3 is 2.71 bits per heavy atom. The van der Waals surface area contributed by atoms with Gasteiger partial charge >= 0.3 is 0 Å². The molecule has 1 heterocycles. The Kier molecular flexibility index (Phi) is 5.04. The maximum absolute atomic E-state index is 11.5. The van der Waals surface area contributed by atoms with Crippen molar-refractivity contribution in [3.63, 3.8) is 0 Å². The molecule has 1 aromatic carbocycles. The molecule has 116 valence electrons. The minimum atomic E-state index is 0.129. The summed E-state index contributed by atoms with van der Waals surface area (Å²) in [4.78, 5) is 11.5. The van der Waals surface area contributed by atoms with Gasteiger partial charge in [-0.15, -0.1) is 0 Å². The van der Waals surface area contributed by atoms with Gasteiger partial charge in [-0.05, 0) is 48.4 Å². The molecule has 1 atom stereocenters. The second-order valence-corrected chi connectivity index (χ2v) is 6.69. The number of hydrogen-bond donors (Lipinski definition) is 2. The summed E-state index contributed by atoms with van der Waals surface area (Å²) in [5.74, 6) is 0.129. The highest BCUT2D eigenvalue weighted by atomic mass is 16.1. The molecule has 0 radical (unpaired) electrons. The molecule has 2 rings (SSSR count). The van der Waals surface area contributed by atoms with Crippen LogP contribution in [0.3, 0.4) is 0 Å². The Morgan fingerprint density at radius 1 is 1.29 bits per heavy atom. The molecule has 3 nitrogen and oxygen atoms in total. The van der Waals surface area contributed by atoms with Crippen LogP contribution in [0.25, 0.3) is 0 Å². The molecule has 0 fully saturated rings. The first-order chi connectivity index (χ1) is 9.97. The van der Waals surface area contributed by atoms with Crippen molar-refractivity contribution in [2.75, 3.05) is 11.9 Å². The fraction of sp³-hybridized carbons (Fsp3) is 0.611. The highest BCUT2D eigenvalue weighted by Crippen LogP contribution is 2.38. The van der Waals surface area contributed by atoms with Gasteiger partial charge in [-0.3, -0.25) is 4.79 Å². The molecule has 0 aromatic heterocycles. The molecule has 0 aliphatic carbocycles. The second kappa shape index (κ2) is 6.61. The minimum absolute atomic E-state index is 0.129. The number of carbonyl (C=O) groups is 1. The highest BCUT2D eigenvalue weighted by Gasteiger charge is 2.29. The lowest BCUT2D eigenvalue weighted by atomic mass is 9.77. The molecule has 1 unspecified atom stereocenters. The maximum Gasteiger partial charge on any atom is 0.224 e. The van der Waals surface area contributed by atoms with Gasteiger partial charge in [0.25, 0.3) is 0 Å². The van der Waals surface area contributed by atoms with Crippen LogP contribution in [0.1, 0.15) is 64.1 Å². The zero-order valence-corrected chi connectivity index (χ0v) is 13.8. The van der Waals surface area contributed by atoms with Crippen LogP contribution in [0.4, 0.5) is 5.69 Å². The number of fused-ring (bicyclic) bond motifs is 1. The largest absolute Gasteiger partial charge is 0.326 e. The lowest BCUT2D eigenvalue weighted by molar-refractivity contribution is -0.116. The standard InChI is InChI=1S/C18H28N2O/c1-5-11-19-17(18(3,4)6-2)14-7-9-15-13(12-14)8-10-16(21)20-15/h7,9,12,17,19H,5-6,8,10-11H2,1-4H3,(H,20,21). The Labute approximate surface area is 128 Å². The number of nitrogens with one attached hydrogen (secondary N) is 2. The number of rotatable bonds is 6. The first kappa shape index (κ1) is 16.0. The molecule has 1 aliphatic heterocycles. The maximum atomic E-state index is 11.5. The Hall–Kier alpha value is -1.35. The average molecular weight is 288 g/mol. The van der Waals surface area contributed by atoms with E-state index in [1.165, 1.54) is 11.1 Å². The minimum Gasteiger partial charge on any atom is -0.326 e. The predicted molar refractivity (Wildman–Crippen MR) is 88.5 cm³/mol. The number of amides is 1. The molecule has 2 N–H and O–H groups in total. The van der Waals surface area contributed by atoms with Crippen molar-refractivity contribution in [3.05, 3.63) is 29.3 Å². The lowest BCUT2D eigenvalue weighted by Gasteiger charge is -2.35. The molecular weight excluding hydrogens is 260 g/mol. The van der Waals surface area contributed by atoms with E-state index in [4.69, 9.17) is 0 Å². The zero-order valence-electron chi connectivity index (χ0n) is 13.8. The van der Waals surface area contributed by atoms with Crippen molar-refractivity contribution < 1.29 is 4.79 Å². The van der Waals surface area contributed by atoms with Gasteiger partial charge in [0, 0.05) is 18.2 Å². The van der Waals surface area contributed by atoms with E-state index < -0.39 is 0 Å². The molecule has 1 aromatic rings. The van der Waals surface area contributed by atoms with E-state index in [1.54, 1.807) is 0 Å². The van der Waals surface area contributed by atoms with Crippen LogP contribution in [0.5, 0.6) is 0 Å². The molecule has 0 saturated carbocycles. The summed E-state index contributed by atoms with van der Waals surface area (Å²) in [6, 6.07) is 6.85. The highest BCUT2D eigenvalue weighted by molar-refractivity contribution is 5.93. The van der Waals surface area contributed by atoms with Gasteiger partial charge in [0.2, 0.25) is 5.91 Å². The van der Waals surface area contributed by atoms with Crippen LogP contribution in [0.2, 0.25) is 0 Å². The van der Waals surface area contributed by atoms with E-state index in [0.29, 0.717) is 12.5 Å². The van der Waals surface area contributed by atoms with Crippen molar-refractivity contribution in [2.24, 2.45) is 5.41 Å². The monoisotopic (exact) mass is 288 g/mol. The average Bonchev–Trinajstić information content (AvgIpc) is 2.47. The van der Waals surface area contributed by atoms with E-state index in [2.05, 4.69) is 56.5 Å². The van der Waals surface area contributed by atoms with Crippen LogP contribution in [0, 0.1) is 5.41 Å². The van der Waals surface area contributed by atoms with Crippen LogP contribution < -0.4 is 10.6 Å². The Morgan fingerprint density at radius 2 is 2.05 bits per heavy atom. The molecule has 0 bridgehead atoms. The fourth-order valence-corrected chi connectivity index (χ4v) is 2.92. The zero-order chi connectivity index (χ0) is 15.5. The number of hydrogen-bond acceptors (Lipinski definition) is 2. The van der Waals surface area contributed by atoms with Crippen LogP contribution in [-0.2, 0) is 11.2 Å². The van der Waals surface area contributed by atoms with E-state index in [9.17, 15) is 4.79 Å². The van der Waals surface area contributed by atoms with Crippen molar-refractivity contribution in [1.82, 2.24) is 5.32 Å². The van der Waals surface area contributed by atoms with Gasteiger partial charge in [-0.1, -0.05) is 39.8 Å². The predicted octanol–water partition coefficient (Wildman–Crippen LogP) is 4.05. The van der Waals surface area contributed by atoms with E-state index in [1.807, 2.05) is 0 Å². The van der Waals surface area contributed by atoms with Gasteiger partial charge in [-0.2, -0.15) is 0 Å². The SMILES string of the molecule is CCCNC(c1ccc2c(c1)CCC(=O)N2)C(C)(C)CC. The first-order valence-corrected chi connectivity index (χ1v) is 8.14. The number of anilines is 1. The van der Waals surface area contributed by atoms with Gasteiger partial charge in [0.1, 0.15) is 0 Å². The molecule has 0 saturated heterocycles. The summed E-state index contributed by atoms with van der Waals surface area (Å²) >= 11 is 0. The lowest BCUT2D eigenvalue weighted by Crippen LogP contribution is -2.34. The Balaban J connectivity index is 2.30. The molecule has 1 aliphatic rings. The van der Waals surface area contributed by atoms with Crippen molar-refractivity contribution in [1.29, 1.82) is 0 Å². The molecule has 1 amide bonds. The number of benzene rings is 1. The van der Waals surface area contributed by atoms with Crippen LogP contribution >= 0.6 is 0 Å². The summed E-state index contributed by atoms with van der Waals surface area (Å²) in [6.45, 7) is 10.1. The van der Waals surface area contributed by atoms with Crippen molar-refractivity contribution >= 4 is 11.6 Å². The first-order valence-electron chi connectivity index (χ1n) is 8.14. The summed E-state index contributed by atoms with van der Waals surface area (Å²) in [6.07, 6.45) is 3.71. The Bertz CT molecular complexity index is 508. The second-order valence-electron chi connectivity index (χ2n) is 6.69. The number of aryl methyl sites for hydroxylation is 1. The summed E-state index contributed by atoms with van der Waals surface area (Å²) in [5.41, 5.74) is 3.80. The van der Waals surface area contributed by atoms with Crippen LogP contribution in [0.15, 0.2) is 18.2 Å². The van der Waals surface area contributed by atoms with Gasteiger partial charge in [0.15, 0.2) is 0 Å². The molecular formula is C18H28N2O. The van der Waals surface area contributed by atoms with E-state index >= 15 is 0 Å². The third-order valence-corrected chi connectivity index (χ3v) is 4.65. The van der Waals surface area contributed by atoms with Gasteiger partial charge < -0.3 is 10.6 Å². The summed E-state index contributed by atoms with van der Waals surface area (Å²) < 4.78 is 0. The van der Waals surface area contributed by atoms with Gasteiger partial charge in [0.05, 0.1) is 0 Å².